The van der Waals surface area contributed by atoms with Gasteiger partial charge in [-0.1, -0.05) is 23.7 Å². The van der Waals surface area contributed by atoms with Gasteiger partial charge in [-0.25, -0.2) is 0 Å². The van der Waals surface area contributed by atoms with Crippen molar-refractivity contribution in [2.24, 2.45) is 0 Å². The predicted molar refractivity (Wildman–Crippen MR) is 65.3 cm³/mol. The van der Waals surface area contributed by atoms with Crippen LogP contribution < -0.4 is 0 Å². The summed E-state index contributed by atoms with van der Waals surface area (Å²) in [7, 11) is 0. The Bertz CT molecular complexity index is 570. The van der Waals surface area contributed by atoms with Crippen LogP contribution in [0.5, 0.6) is 0 Å². The molecule has 1 aromatic heterocycles. The highest BCUT2D eigenvalue weighted by atomic mass is 35.5. The Labute approximate surface area is 108 Å². The molecule has 1 unspecified atom stereocenters. The summed E-state index contributed by atoms with van der Waals surface area (Å²) in [5.74, 6) is 0. The number of nitro groups is 1. The SMILES string of the molecule is O=[N+]([O-])c1cnn(CC(O)c2cccc(Cl)c2)c1. The average Bonchev–Trinajstić information content (AvgIpc) is 2.77. The molecule has 0 amide bonds. The van der Waals surface area contributed by atoms with E-state index in [-0.39, 0.29) is 12.2 Å². The molecule has 1 N–H and O–H groups in total. The summed E-state index contributed by atoms with van der Waals surface area (Å²) >= 11 is 5.81. The van der Waals surface area contributed by atoms with Crippen LogP contribution >= 0.6 is 11.6 Å². The number of benzene rings is 1. The van der Waals surface area contributed by atoms with Gasteiger partial charge in [0.25, 0.3) is 0 Å². The van der Waals surface area contributed by atoms with Crippen LogP contribution in [0.25, 0.3) is 0 Å². The minimum absolute atomic E-state index is 0.103. The highest BCUT2D eigenvalue weighted by Gasteiger charge is 2.13. The topological polar surface area (TPSA) is 81.2 Å². The lowest BCUT2D eigenvalue weighted by Gasteiger charge is -2.10. The molecule has 0 spiro atoms. The molecule has 0 saturated heterocycles. The van der Waals surface area contributed by atoms with Crippen LogP contribution in [-0.2, 0) is 6.54 Å². The van der Waals surface area contributed by atoms with E-state index in [1.54, 1.807) is 24.3 Å². The number of hydrogen-bond acceptors (Lipinski definition) is 4. The van der Waals surface area contributed by atoms with Gasteiger partial charge in [0.05, 0.1) is 17.6 Å². The van der Waals surface area contributed by atoms with E-state index in [4.69, 9.17) is 11.6 Å². The monoisotopic (exact) mass is 267 g/mol. The van der Waals surface area contributed by atoms with Crippen molar-refractivity contribution in [1.29, 1.82) is 0 Å². The van der Waals surface area contributed by atoms with Crippen LogP contribution in [0.4, 0.5) is 5.69 Å². The number of nitrogens with zero attached hydrogens (tertiary/aromatic N) is 3. The largest absolute Gasteiger partial charge is 0.386 e. The first-order valence-electron chi connectivity index (χ1n) is 5.16. The summed E-state index contributed by atoms with van der Waals surface area (Å²) in [5, 5.41) is 24.8. The molecule has 2 rings (SSSR count). The van der Waals surface area contributed by atoms with Crippen molar-refractivity contribution in [3.8, 4) is 0 Å². The van der Waals surface area contributed by atoms with Crippen molar-refractivity contribution in [2.45, 2.75) is 12.6 Å². The predicted octanol–water partition coefficient (Wildman–Crippen LogP) is 2.18. The molecule has 2 aromatic rings. The lowest BCUT2D eigenvalue weighted by atomic mass is 10.1. The Hall–Kier alpha value is -1.92. The highest BCUT2D eigenvalue weighted by molar-refractivity contribution is 6.30. The third kappa shape index (κ3) is 2.85. The molecule has 0 aliphatic carbocycles. The van der Waals surface area contributed by atoms with Crippen LogP contribution in [0.3, 0.4) is 0 Å². The quantitative estimate of drug-likeness (QED) is 0.680. The molecule has 6 nitrogen and oxygen atoms in total. The van der Waals surface area contributed by atoms with Gasteiger partial charge in [-0.3, -0.25) is 14.8 Å². The smallest absolute Gasteiger partial charge is 0.306 e. The van der Waals surface area contributed by atoms with E-state index in [0.29, 0.717) is 10.6 Å². The Balaban J connectivity index is 2.11. The van der Waals surface area contributed by atoms with E-state index in [1.165, 1.54) is 10.9 Å². The maximum absolute atomic E-state index is 10.5. The summed E-state index contributed by atoms with van der Waals surface area (Å²) in [4.78, 5) is 9.95. The van der Waals surface area contributed by atoms with Gasteiger partial charge >= 0.3 is 5.69 Å². The fourth-order valence-electron chi connectivity index (χ4n) is 1.54. The van der Waals surface area contributed by atoms with Gasteiger partial charge < -0.3 is 5.11 Å². The fourth-order valence-corrected chi connectivity index (χ4v) is 1.74. The number of aliphatic hydroxyl groups is 1. The van der Waals surface area contributed by atoms with Crippen molar-refractivity contribution < 1.29 is 10.0 Å². The van der Waals surface area contributed by atoms with Crippen molar-refractivity contribution in [3.05, 3.63) is 57.4 Å². The van der Waals surface area contributed by atoms with Gasteiger partial charge in [-0.15, -0.1) is 0 Å². The Morgan fingerprint density at radius 3 is 2.94 bits per heavy atom. The van der Waals surface area contributed by atoms with E-state index in [1.807, 2.05) is 0 Å². The summed E-state index contributed by atoms with van der Waals surface area (Å²) < 4.78 is 1.32. The molecular formula is C11H10ClN3O3. The van der Waals surface area contributed by atoms with Gasteiger partial charge in [0.15, 0.2) is 0 Å². The number of aromatic nitrogens is 2. The first-order valence-corrected chi connectivity index (χ1v) is 5.54. The van der Waals surface area contributed by atoms with Crippen LogP contribution in [-0.4, -0.2) is 19.8 Å². The third-order valence-electron chi connectivity index (χ3n) is 2.42. The molecule has 18 heavy (non-hydrogen) atoms. The molecule has 1 aromatic carbocycles. The summed E-state index contributed by atoms with van der Waals surface area (Å²) in [6.45, 7) is 0.133. The lowest BCUT2D eigenvalue weighted by molar-refractivity contribution is -0.385. The van der Waals surface area contributed by atoms with E-state index in [2.05, 4.69) is 5.10 Å². The Morgan fingerprint density at radius 2 is 2.33 bits per heavy atom. The number of halogens is 1. The minimum atomic E-state index is -0.816. The van der Waals surface area contributed by atoms with Gasteiger partial charge in [0, 0.05) is 5.02 Å². The maximum atomic E-state index is 10.5. The highest BCUT2D eigenvalue weighted by Crippen LogP contribution is 2.19. The minimum Gasteiger partial charge on any atom is -0.386 e. The van der Waals surface area contributed by atoms with Crippen LogP contribution in [0.2, 0.25) is 5.02 Å². The van der Waals surface area contributed by atoms with E-state index in [9.17, 15) is 15.2 Å². The number of aliphatic hydroxyl groups excluding tert-OH is 1. The van der Waals surface area contributed by atoms with Gasteiger partial charge in [0.2, 0.25) is 0 Å². The van der Waals surface area contributed by atoms with Crippen LogP contribution in [0, 0.1) is 10.1 Å². The standard InChI is InChI=1S/C11H10ClN3O3/c12-9-3-1-2-8(4-9)11(16)7-14-6-10(5-13-14)15(17)18/h1-6,11,16H,7H2. The molecule has 0 bridgehead atoms. The molecular weight excluding hydrogens is 258 g/mol. The van der Waals surface area contributed by atoms with Crippen molar-refractivity contribution >= 4 is 17.3 Å². The molecule has 0 fully saturated rings. The molecule has 7 heteroatoms. The zero-order chi connectivity index (χ0) is 13.1. The van der Waals surface area contributed by atoms with E-state index < -0.39 is 11.0 Å². The second-order valence-electron chi connectivity index (χ2n) is 3.75. The third-order valence-corrected chi connectivity index (χ3v) is 2.66. The normalized spacial score (nSPS) is 12.3. The summed E-state index contributed by atoms with van der Waals surface area (Å²) in [6, 6.07) is 6.81. The fraction of sp³-hybridized carbons (Fsp3) is 0.182. The molecule has 0 aliphatic rings. The summed E-state index contributed by atoms with van der Waals surface area (Å²) in [5.41, 5.74) is 0.536. The van der Waals surface area contributed by atoms with E-state index in [0.717, 1.165) is 6.20 Å². The van der Waals surface area contributed by atoms with Crippen LogP contribution in [0.15, 0.2) is 36.7 Å². The zero-order valence-corrected chi connectivity index (χ0v) is 9.99. The number of rotatable bonds is 4. The second kappa shape index (κ2) is 5.16. The van der Waals surface area contributed by atoms with Crippen molar-refractivity contribution in [2.75, 3.05) is 0 Å². The van der Waals surface area contributed by atoms with E-state index >= 15 is 0 Å². The van der Waals surface area contributed by atoms with Gasteiger partial charge in [-0.05, 0) is 17.7 Å². The van der Waals surface area contributed by atoms with Crippen LogP contribution in [0.1, 0.15) is 11.7 Å². The molecule has 0 aliphatic heterocycles. The van der Waals surface area contributed by atoms with Crippen molar-refractivity contribution in [3.63, 3.8) is 0 Å². The molecule has 0 radical (unpaired) electrons. The first kappa shape index (κ1) is 12.5. The molecule has 1 heterocycles. The van der Waals surface area contributed by atoms with Gasteiger partial charge in [-0.2, -0.15) is 5.10 Å². The molecule has 0 saturated carbocycles. The Kier molecular flexibility index (Phi) is 3.59. The average molecular weight is 268 g/mol. The lowest BCUT2D eigenvalue weighted by Crippen LogP contribution is -2.09. The molecule has 1 atom stereocenters. The first-order chi connectivity index (χ1) is 8.56. The molecule has 94 valence electrons. The van der Waals surface area contributed by atoms with Gasteiger partial charge in [0.1, 0.15) is 12.4 Å². The van der Waals surface area contributed by atoms with Crippen molar-refractivity contribution in [1.82, 2.24) is 9.78 Å². The maximum Gasteiger partial charge on any atom is 0.306 e. The second-order valence-corrected chi connectivity index (χ2v) is 4.18. The Morgan fingerprint density at radius 1 is 1.56 bits per heavy atom. The zero-order valence-electron chi connectivity index (χ0n) is 9.23. The summed E-state index contributed by atoms with van der Waals surface area (Å²) in [6.07, 6.45) is 1.60. The number of hydrogen-bond donors (Lipinski definition) is 1.